The first kappa shape index (κ1) is 10.8. The van der Waals surface area contributed by atoms with E-state index in [-0.39, 0.29) is 10.7 Å². The Morgan fingerprint density at radius 1 is 1.46 bits per heavy atom. The first-order valence-electron chi connectivity index (χ1n) is 3.24. The van der Waals surface area contributed by atoms with Crippen molar-refractivity contribution in [1.82, 2.24) is 0 Å². The Bertz CT molecular complexity index is 357. The van der Waals surface area contributed by atoms with Crippen molar-refractivity contribution in [3.8, 4) is 0 Å². The van der Waals surface area contributed by atoms with E-state index in [4.69, 9.17) is 23.2 Å². The number of rotatable bonds is 2. The van der Waals surface area contributed by atoms with Gasteiger partial charge in [-0.2, -0.15) is 0 Å². The predicted octanol–water partition coefficient (Wildman–Crippen LogP) is 3.80. The molecule has 0 aliphatic heterocycles. The van der Waals surface area contributed by atoms with Crippen molar-refractivity contribution in [2.75, 3.05) is 0 Å². The van der Waals surface area contributed by atoms with Crippen molar-refractivity contribution in [3.05, 3.63) is 37.9 Å². The zero-order chi connectivity index (χ0) is 10.0. The Kier molecular flexibility index (Phi) is 3.53. The van der Waals surface area contributed by atoms with E-state index in [1.54, 1.807) is 0 Å². The molecule has 0 aliphatic carbocycles. The van der Waals surface area contributed by atoms with Crippen LogP contribution in [0.25, 0.3) is 0 Å². The summed E-state index contributed by atoms with van der Waals surface area (Å²) in [5, 5.41) is 11.5. The summed E-state index contributed by atoms with van der Waals surface area (Å²) in [5.41, 5.74) is 0.380. The second-order valence-electron chi connectivity index (χ2n) is 2.28. The summed E-state index contributed by atoms with van der Waals surface area (Å²) in [6, 6.07) is 2.76. The molecule has 13 heavy (non-hydrogen) atoms. The van der Waals surface area contributed by atoms with E-state index in [0.29, 0.717) is 15.9 Å². The summed E-state index contributed by atoms with van der Waals surface area (Å²) in [5.74, 6) is 0. The largest absolute Gasteiger partial charge is 0.276 e. The Morgan fingerprint density at radius 3 is 2.54 bits per heavy atom. The molecule has 0 saturated heterocycles. The molecular weight excluding hydrogens is 281 g/mol. The van der Waals surface area contributed by atoms with E-state index in [0.717, 1.165) is 0 Å². The highest BCUT2D eigenvalue weighted by Crippen LogP contribution is 2.32. The van der Waals surface area contributed by atoms with Crippen molar-refractivity contribution < 1.29 is 4.92 Å². The van der Waals surface area contributed by atoms with Crippen LogP contribution in [0.1, 0.15) is 5.56 Å². The lowest BCUT2D eigenvalue weighted by atomic mass is 10.2. The molecule has 0 aromatic heterocycles. The number of nitro benzene ring substituents is 1. The summed E-state index contributed by atoms with van der Waals surface area (Å²) >= 11 is 14.5. The van der Waals surface area contributed by atoms with Crippen LogP contribution in [0.4, 0.5) is 5.69 Å². The van der Waals surface area contributed by atoms with Crippen LogP contribution in [0, 0.1) is 10.1 Å². The van der Waals surface area contributed by atoms with Gasteiger partial charge in [0.25, 0.3) is 5.69 Å². The molecule has 0 amide bonds. The topological polar surface area (TPSA) is 43.1 Å². The first-order chi connectivity index (χ1) is 6.06. The number of hydrogen-bond acceptors (Lipinski definition) is 2. The third-order valence-electron chi connectivity index (χ3n) is 1.47. The SMILES string of the molecule is O=[N+]([O-])c1cc(Cl)cc(Cl)c1CBr. The minimum absolute atomic E-state index is 0.0608. The standard InChI is InChI=1S/C7H4BrCl2NO2/c8-3-5-6(10)1-4(9)2-7(5)11(12)13/h1-2H,3H2. The minimum atomic E-state index is -0.506. The zero-order valence-corrected chi connectivity index (χ0v) is 9.36. The van der Waals surface area contributed by atoms with Gasteiger partial charge >= 0.3 is 0 Å². The Hall–Kier alpha value is -0.320. The van der Waals surface area contributed by atoms with Gasteiger partial charge in [0.05, 0.1) is 15.5 Å². The highest BCUT2D eigenvalue weighted by Gasteiger charge is 2.16. The van der Waals surface area contributed by atoms with Crippen molar-refractivity contribution >= 4 is 44.8 Å². The molecule has 3 nitrogen and oxygen atoms in total. The maximum absolute atomic E-state index is 10.6. The monoisotopic (exact) mass is 283 g/mol. The van der Waals surface area contributed by atoms with Gasteiger partial charge in [-0.05, 0) is 6.07 Å². The summed E-state index contributed by atoms with van der Waals surface area (Å²) < 4.78 is 0. The zero-order valence-electron chi connectivity index (χ0n) is 6.26. The normalized spacial score (nSPS) is 10.1. The van der Waals surface area contributed by atoms with E-state index in [1.807, 2.05) is 0 Å². The first-order valence-corrected chi connectivity index (χ1v) is 5.12. The average Bonchev–Trinajstić information content (AvgIpc) is 2.02. The number of nitro groups is 1. The summed E-state index contributed by atoms with van der Waals surface area (Å²) in [6.45, 7) is 0. The number of halogens is 3. The Morgan fingerprint density at radius 2 is 2.08 bits per heavy atom. The van der Waals surface area contributed by atoms with Gasteiger partial charge in [-0.25, -0.2) is 0 Å². The van der Waals surface area contributed by atoms with E-state index < -0.39 is 4.92 Å². The van der Waals surface area contributed by atoms with Crippen molar-refractivity contribution in [2.24, 2.45) is 0 Å². The van der Waals surface area contributed by atoms with Crippen LogP contribution in [0.15, 0.2) is 12.1 Å². The van der Waals surface area contributed by atoms with Gasteiger partial charge in [-0.1, -0.05) is 39.1 Å². The van der Waals surface area contributed by atoms with Crippen LogP contribution in [-0.4, -0.2) is 4.92 Å². The Balaban J connectivity index is 3.38. The smallest absolute Gasteiger partial charge is 0.258 e. The van der Waals surface area contributed by atoms with E-state index in [2.05, 4.69) is 15.9 Å². The molecule has 0 radical (unpaired) electrons. The van der Waals surface area contributed by atoms with E-state index >= 15 is 0 Å². The average molecular weight is 285 g/mol. The highest BCUT2D eigenvalue weighted by molar-refractivity contribution is 9.08. The maximum Gasteiger partial charge on any atom is 0.276 e. The van der Waals surface area contributed by atoms with Crippen LogP contribution >= 0.6 is 39.1 Å². The third-order valence-corrected chi connectivity index (χ3v) is 2.58. The van der Waals surface area contributed by atoms with Crippen LogP contribution in [0.2, 0.25) is 10.0 Å². The molecule has 0 N–H and O–H groups in total. The molecule has 0 unspecified atom stereocenters. The lowest BCUT2D eigenvalue weighted by molar-refractivity contribution is -0.385. The highest BCUT2D eigenvalue weighted by atomic mass is 79.9. The molecule has 1 aromatic carbocycles. The predicted molar refractivity (Wildman–Crippen MR) is 55.7 cm³/mol. The van der Waals surface area contributed by atoms with Gasteiger partial charge in [0, 0.05) is 16.4 Å². The van der Waals surface area contributed by atoms with Gasteiger partial charge in [0.1, 0.15) is 0 Å². The molecule has 0 fully saturated rings. The van der Waals surface area contributed by atoms with E-state index in [1.165, 1.54) is 12.1 Å². The number of hydrogen-bond donors (Lipinski definition) is 0. The molecule has 0 aliphatic rings. The molecule has 0 spiro atoms. The number of nitrogens with zero attached hydrogens (tertiary/aromatic N) is 1. The van der Waals surface area contributed by atoms with Crippen molar-refractivity contribution in [3.63, 3.8) is 0 Å². The molecule has 0 atom stereocenters. The molecule has 1 aromatic rings. The molecule has 6 heteroatoms. The van der Waals surface area contributed by atoms with Gasteiger partial charge in [-0.15, -0.1) is 0 Å². The maximum atomic E-state index is 10.6. The molecule has 1 rings (SSSR count). The lowest BCUT2D eigenvalue weighted by Crippen LogP contribution is -1.94. The third kappa shape index (κ3) is 2.33. The summed E-state index contributed by atoms with van der Waals surface area (Å²) in [7, 11) is 0. The van der Waals surface area contributed by atoms with E-state index in [9.17, 15) is 10.1 Å². The fourth-order valence-electron chi connectivity index (χ4n) is 0.885. The molecule has 0 heterocycles. The summed E-state index contributed by atoms with van der Waals surface area (Å²) in [6.07, 6.45) is 0. The van der Waals surface area contributed by atoms with Gasteiger partial charge < -0.3 is 0 Å². The molecule has 70 valence electrons. The van der Waals surface area contributed by atoms with Crippen molar-refractivity contribution in [2.45, 2.75) is 5.33 Å². The lowest BCUT2D eigenvalue weighted by Gasteiger charge is -2.01. The number of alkyl halides is 1. The van der Waals surface area contributed by atoms with Crippen LogP contribution in [-0.2, 0) is 5.33 Å². The molecule has 0 bridgehead atoms. The minimum Gasteiger partial charge on any atom is -0.258 e. The van der Waals surface area contributed by atoms with Crippen LogP contribution < -0.4 is 0 Å². The van der Waals surface area contributed by atoms with Gasteiger partial charge in [0.2, 0.25) is 0 Å². The number of benzene rings is 1. The quantitative estimate of drug-likeness (QED) is 0.471. The molecular formula is C7H4BrCl2NO2. The van der Waals surface area contributed by atoms with Gasteiger partial charge in [-0.3, -0.25) is 10.1 Å². The second-order valence-corrected chi connectivity index (χ2v) is 3.68. The fourth-order valence-corrected chi connectivity index (χ4v) is 2.19. The molecule has 0 saturated carbocycles. The second kappa shape index (κ2) is 4.26. The van der Waals surface area contributed by atoms with Gasteiger partial charge in [0.15, 0.2) is 0 Å². The Labute approximate surface area is 92.9 Å². The van der Waals surface area contributed by atoms with Crippen LogP contribution in [0.5, 0.6) is 0 Å². The van der Waals surface area contributed by atoms with Crippen LogP contribution in [0.3, 0.4) is 0 Å². The fraction of sp³-hybridized carbons (Fsp3) is 0.143. The summed E-state index contributed by atoms with van der Waals surface area (Å²) in [4.78, 5) is 10.0. The van der Waals surface area contributed by atoms with Crippen molar-refractivity contribution in [1.29, 1.82) is 0 Å².